The average Bonchev–Trinajstić information content (AvgIpc) is 2.90. The van der Waals surface area contributed by atoms with Gasteiger partial charge in [-0.1, -0.05) is 12.1 Å². The molecule has 0 spiro atoms. The van der Waals surface area contributed by atoms with Crippen molar-refractivity contribution in [2.24, 2.45) is 0 Å². The van der Waals surface area contributed by atoms with E-state index in [0.717, 1.165) is 24.2 Å². The summed E-state index contributed by atoms with van der Waals surface area (Å²) in [7, 11) is 0. The lowest BCUT2D eigenvalue weighted by Crippen LogP contribution is -2.41. The summed E-state index contributed by atoms with van der Waals surface area (Å²) >= 11 is 0. The smallest absolute Gasteiger partial charge is 0.357 e. The quantitative estimate of drug-likeness (QED) is 0.502. The van der Waals surface area contributed by atoms with Gasteiger partial charge in [-0.25, -0.2) is 14.6 Å². The maximum atomic E-state index is 12.9. The Balaban J connectivity index is 1.37. The van der Waals surface area contributed by atoms with Crippen LogP contribution in [0.5, 0.6) is 0 Å². The number of pyridine rings is 2. The Hall–Kier alpha value is -2.92. The molecule has 2 saturated heterocycles. The Morgan fingerprint density at radius 3 is 1.67 bits per heavy atom. The molecular formula is C26H30N2O8. The average molecular weight is 499 g/mol. The van der Waals surface area contributed by atoms with Gasteiger partial charge in [0, 0.05) is 13.2 Å². The number of hydrogen-bond acceptors (Lipinski definition) is 10. The summed E-state index contributed by atoms with van der Waals surface area (Å²) in [4.78, 5) is 34.6. The zero-order chi connectivity index (χ0) is 24.7. The lowest BCUT2D eigenvalue weighted by Gasteiger charge is -2.31. The van der Waals surface area contributed by atoms with Crippen LogP contribution in [-0.2, 0) is 41.6 Å². The SMILES string of the molecule is O=C1OC2CCCOC2COCc2cccc(n2)COCC2OCCCC2OC(=O)c2cccc1n2. The molecule has 0 saturated carbocycles. The second-order valence-corrected chi connectivity index (χ2v) is 9.05. The molecule has 0 radical (unpaired) electrons. The molecule has 2 fully saturated rings. The molecule has 0 amide bonds. The number of rotatable bonds is 0. The molecule has 0 aliphatic carbocycles. The van der Waals surface area contributed by atoms with Crippen LogP contribution < -0.4 is 0 Å². The van der Waals surface area contributed by atoms with Crippen LogP contribution in [0.25, 0.3) is 0 Å². The first-order chi connectivity index (χ1) is 17.7. The Morgan fingerprint density at radius 2 is 1.14 bits per heavy atom. The monoisotopic (exact) mass is 498 g/mol. The number of fused-ring (bicyclic) bond motifs is 6. The van der Waals surface area contributed by atoms with E-state index >= 15 is 0 Å². The predicted octanol–water partition coefficient (Wildman–Crippen LogP) is 2.63. The van der Waals surface area contributed by atoms with Crippen molar-refractivity contribution in [3.63, 3.8) is 0 Å². The third-order valence-corrected chi connectivity index (χ3v) is 6.37. The fourth-order valence-corrected chi connectivity index (χ4v) is 4.51. The lowest BCUT2D eigenvalue weighted by molar-refractivity contribution is -0.116. The van der Waals surface area contributed by atoms with E-state index in [9.17, 15) is 9.59 Å². The summed E-state index contributed by atoms with van der Waals surface area (Å²) in [6.45, 7) is 2.22. The first kappa shape index (κ1) is 24.8. The minimum absolute atomic E-state index is 0.0323. The zero-order valence-corrected chi connectivity index (χ0v) is 20.0. The zero-order valence-electron chi connectivity index (χ0n) is 20.0. The van der Waals surface area contributed by atoms with E-state index in [0.29, 0.717) is 39.3 Å². The van der Waals surface area contributed by atoms with Crippen molar-refractivity contribution in [2.45, 2.75) is 63.3 Å². The molecule has 4 unspecified atom stereocenters. The highest BCUT2D eigenvalue weighted by Gasteiger charge is 2.32. The van der Waals surface area contributed by atoms with Gasteiger partial charge in [0.15, 0.2) is 0 Å². The number of aromatic nitrogens is 2. The van der Waals surface area contributed by atoms with Crippen molar-refractivity contribution in [2.75, 3.05) is 26.4 Å². The molecule has 3 aliphatic rings. The van der Waals surface area contributed by atoms with Gasteiger partial charge in [0.1, 0.15) is 35.8 Å². The first-order valence-electron chi connectivity index (χ1n) is 12.4. The maximum absolute atomic E-state index is 12.9. The second-order valence-electron chi connectivity index (χ2n) is 9.05. The van der Waals surface area contributed by atoms with Crippen LogP contribution in [-0.4, -0.2) is 72.7 Å². The topological polar surface area (TPSA) is 115 Å². The van der Waals surface area contributed by atoms with Crippen LogP contribution >= 0.6 is 0 Å². The Bertz CT molecular complexity index is 989. The Kier molecular flexibility index (Phi) is 8.17. The molecule has 2 aromatic heterocycles. The highest BCUT2D eigenvalue weighted by Crippen LogP contribution is 2.22. The highest BCUT2D eigenvalue weighted by atomic mass is 16.6. The molecule has 2 aromatic rings. The van der Waals surface area contributed by atoms with E-state index in [-0.39, 0.29) is 24.6 Å². The Morgan fingerprint density at radius 1 is 0.639 bits per heavy atom. The van der Waals surface area contributed by atoms with Gasteiger partial charge in [0.25, 0.3) is 0 Å². The summed E-state index contributed by atoms with van der Waals surface area (Å²) < 4.78 is 34.9. The third kappa shape index (κ3) is 6.25. The molecular weight excluding hydrogens is 468 g/mol. The number of carbonyl (C=O) groups is 2. The lowest BCUT2D eigenvalue weighted by atomic mass is 10.1. The molecule has 3 aliphatic heterocycles. The summed E-state index contributed by atoms with van der Waals surface area (Å²) in [5.41, 5.74) is 1.59. The molecule has 4 bridgehead atoms. The van der Waals surface area contributed by atoms with E-state index in [2.05, 4.69) is 9.97 Å². The number of hydrogen-bond donors (Lipinski definition) is 0. The van der Waals surface area contributed by atoms with Gasteiger partial charge >= 0.3 is 11.9 Å². The minimum Gasteiger partial charge on any atom is -0.455 e. The minimum atomic E-state index is -0.624. The van der Waals surface area contributed by atoms with E-state index in [1.165, 1.54) is 12.1 Å². The van der Waals surface area contributed by atoms with Gasteiger partial charge in [0.2, 0.25) is 0 Å². The van der Waals surface area contributed by atoms with Gasteiger partial charge in [-0.05, 0) is 49.9 Å². The highest BCUT2D eigenvalue weighted by molar-refractivity contribution is 5.91. The number of esters is 2. The van der Waals surface area contributed by atoms with Crippen molar-refractivity contribution in [3.8, 4) is 0 Å². The van der Waals surface area contributed by atoms with Crippen molar-refractivity contribution >= 4 is 11.9 Å². The second kappa shape index (κ2) is 11.9. The fraction of sp³-hybridized carbons (Fsp3) is 0.538. The van der Waals surface area contributed by atoms with Crippen LogP contribution in [0.2, 0.25) is 0 Å². The number of carbonyl (C=O) groups excluding carboxylic acids is 2. The molecule has 4 atom stereocenters. The number of nitrogens with zero attached hydrogens (tertiary/aromatic N) is 2. The largest absolute Gasteiger partial charge is 0.455 e. The Labute approximate surface area is 209 Å². The molecule has 0 N–H and O–H groups in total. The van der Waals surface area contributed by atoms with E-state index in [1.54, 1.807) is 6.07 Å². The standard InChI is InChI=1S/C26H30N2O8/c29-25-19-7-2-8-20(28-19)26(30)36-22-10-4-12-34-24(22)16-32-14-18-6-1-5-17(27-18)13-31-15-23-21(35-25)9-3-11-33-23/h1-2,5-8,21-24H,3-4,9-16H2. The molecule has 192 valence electrons. The summed E-state index contributed by atoms with van der Waals surface area (Å²) in [5, 5.41) is 0. The molecule has 10 heteroatoms. The van der Waals surface area contributed by atoms with Gasteiger partial charge in [-0.15, -0.1) is 0 Å². The van der Waals surface area contributed by atoms with E-state index in [4.69, 9.17) is 28.4 Å². The third-order valence-electron chi connectivity index (χ3n) is 6.37. The fourth-order valence-electron chi connectivity index (χ4n) is 4.51. The molecule has 36 heavy (non-hydrogen) atoms. The molecule has 5 heterocycles. The van der Waals surface area contributed by atoms with Crippen LogP contribution in [0.1, 0.15) is 58.0 Å². The first-order valence-corrected chi connectivity index (χ1v) is 12.4. The van der Waals surface area contributed by atoms with Crippen LogP contribution in [0.15, 0.2) is 36.4 Å². The summed E-state index contributed by atoms with van der Waals surface area (Å²) in [6, 6.07) is 10.3. The van der Waals surface area contributed by atoms with Crippen molar-refractivity contribution in [1.82, 2.24) is 9.97 Å². The van der Waals surface area contributed by atoms with Gasteiger partial charge in [0.05, 0.1) is 37.8 Å². The van der Waals surface area contributed by atoms with Crippen molar-refractivity contribution in [3.05, 3.63) is 59.2 Å². The molecule has 5 rings (SSSR count). The van der Waals surface area contributed by atoms with Gasteiger partial charge in [-0.2, -0.15) is 0 Å². The maximum Gasteiger partial charge on any atom is 0.357 e. The van der Waals surface area contributed by atoms with Gasteiger partial charge in [-0.3, -0.25) is 4.98 Å². The normalized spacial score (nSPS) is 28.1. The van der Waals surface area contributed by atoms with Gasteiger partial charge < -0.3 is 28.4 Å². The van der Waals surface area contributed by atoms with Crippen LogP contribution in [0.3, 0.4) is 0 Å². The van der Waals surface area contributed by atoms with Crippen LogP contribution in [0.4, 0.5) is 0 Å². The van der Waals surface area contributed by atoms with E-state index < -0.39 is 36.4 Å². The van der Waals surface area contributed by atoms with Crippen molar-refractivity contribution < 1.29 is 38.0 Å². The molecule has 0 aromatic carbocycles. The van der Waals surface area contributed by atoms with E-state index in [1.807, 2.05) is 18.2 Å². The molecule has 10 nitrogen and oxygen atoms in total. The van der Waals surface area contributed by atoms with Crippen LogP contribution in [0, 0.1) is 0 Å². The predicted molar refractivity (Wildman–Crippen MR) is 124 cm³/mol. The summed E-state index contributed by atoms with van der Waals surface area (Å²) in [5.74, 6) is -1.25. The number of ether oxygens (including phenoxy) is 6. The van der Waals surface area contributed by atoms with Crippen molar-refractivity contribution in [1.29, 1.82) is 0 Å². The summed E-state index contributed by atoms with van der Waals surface area (Å²) in [6.07, 6.45) is 1.05.